The number of furan rings is 1. The van der Waals surface area contributed by atoms with Crippen molar-refractivity contribution in [1.29, 1.82) is 0 Å². The molecule has 0 aliphatic carbocycles. The Bertz CT molecular complexity index is 1230. The van der Waals surface area contributed by atoms with E-state index in [9.17, 15) is 9.59 Å². The van der Waals surface area contributed by atoms with Crippen LogP contribution in [0.1, 0.15) is 37.7 Å². The number of anilines is 1. The van der Waals surface area contributed by atoms with Crippen molar-refractivity contribution in [1.82, 2.24) is 5.32 Å². The summed E-state index contributed by atoms with van der Waals surface area (Å²) in [5, 5.41) is 2.66. The van der Waals surface area contributed by atoms with Crippen LogP contribution in [-0.2, 0) is 15.0 Å². The highest BCUT2D eigenvalue weighted by Crippen LogP contribution is 2.28. The van der Waals surface area contributed by atoms with E-state index in [-0.39, 0.29) is 16.1 Å². The number of thiocarbonyl (C=S) groups is 1. The topological polar surface area (TPSA) is 62.6 Å². The van der Waals surface area contributed by atoms with Gasteiger partial charge in [0.15, 0.2) is 5.11 Å². The molecule has 1 aromatic heterocycles. The molecule has 2 heterocycles. The lowest BCUT2D eigenvalue weighted by atomic mass is 9.87. The van der Waals surface area contributed by atoms with Crippen molar-refractivity contribution in [2.75, 3.05) is 4.90 Å². The fourth-order valence-electron chi connectivity index (χ4n) is 3.45. The molecule has 4 rings (SSSR count). The second-order valence-corrected chi connectivity index (χ2v) is 9.21. The summed E-state index contributed by atoms with van der Waals surface area (Å²) in [7, 11) is 0. The van der Waals surface area contributed by atoms with Crippen molar-refractivity contribution in [2.45, 2.75) is 33.1 Å². The molecule has 0 saturated carbocycles. The molecule has 2 aromatic carbocycles. The van der Waals surface area contributed by atoms with Gasteiger partial charge < -0.3 is 4.42 Å². The molecule has 6 heteroatoms. The van der Waals surface area contributed by atoms with Crippen LogP contribution in [-0.4, -0.2) is 16.9 Å². The summed E-state index contributed by atoms with van der Waals surface area (Å²) in [6, 6.07) is 19.1. The molecule has 1 fully saturated rings. The summed E-state index contributed by atoms with van der Waals surface area (Å²) >= 11 is 5.29. The quantitative estimate of drug-likeness (QED) is 0.335. The average Bonchev–Trinajstić information content (AvgIpc) is 3.20. The van der Waals surface area contributed by atoms with Gasteiger partial charge in [0.05, 0.1) is 5.69 Å². The van der Waals surface area contributed by atoms with E-state index in [1.54, 1.807) is 6.07 Å². The molecular formula is C26H24N2O3S. The molecule has 3 aromatic rings. The number of nitrogens with one attached hydrogen (secondary N) is 1. The van der Waals surface area contributed by atoms with Gasteiger partial charge in [-0.05, 0) is 60.5 Å². The number of aryl methyl sites for hydroxylation is 1. The number of carbonyl (C=O) groups is 2. The zero-order valence-corrected chi connectivity index (χ0v) is 19.2. The van der Waals surface area contributed by atoms with Crippen molar-refractivity contribution < 1.29 is 14.0 Å². The van der Waals surface area contributed by atoms with E-state index in [2.05, 4.69) is 26.1 Å². The molecule has 0 bridgehead atoms. The molecule has 2 amide bonds. The Morgan fingerprint density at radius 1 is 0.938 bits per heavy atom. The highest BCUT2D eigenvalue weighted by Gasteiger charge is 2.35. The fourth-order valence-corrected chi connectivity index (χ4v) is 3.73. The highest BCUT2D eigenvalue weighted by atomic mass is 32.1. The maximum Gasteiger partial charge on any atom is 0.270 e. The zero-order valence-electron chi connectivity index (χ0n) is 18.4. The maximum absolute atomic E-state index is 13.2. The molecule has 0 spiro atoms. The van der Waals surface area contributed by atoms with E-state index < -0.39 is 11.8 Å². The SMILES string of the molecule is Cc1ccc(-c2ccc(/C=C3/C(=O)NC(=S)N(c4ccc(C(C)(C)C)cc4)C3=O)o2)cc1. The molecule has 32 heavy (non-hydrogen) atoms. The standard InChI is InChI=1S/C26H24N2O3S/c1-16-5-7-17(8-6-16)22-14-13-20(31-22)15-21-23(29)27-25(32)28(24(21)30)19-11-9-18(10-12-19)26(2,3)4/h5-15H,1-4H3,(H,27,29,32)/b21-15-. The number of amides is 2. The third-order valence-electron chi connectivity index (χ3n) is 5.34. The third-order valence-corrected chi connectivity index (χ3v) is 5.63. The van der Waals surface area contributed by atoms with Gasteiger partial charge in [0.25, 0.3) is 11.8 Å². The van der Waals surface area contributed by atoms with Crippen LogP contribution < -0.4 is 10.2 Å². The molecule has 1 aliphatic rings. The summed E-state index contributed by atoms with van der Waals surface area (Å²) in [6.45, 7) is 8.37. The van der Waals surface area contributed by atoms with Crippen LogP contribution in [0.2, 0.25) is 0 Å². The van der Waals surface area contributed by atoms with E-state index >= 15 is 0 Å². The first kappa shape index (κ1) is 21.7. The Hall–Kier alpha value is -3.51. The molecule has 1 N–H and O–H groups in total. The van der Waals surface area contributed by atoms with Gasteiger partial charge in [-0.25, -0.2) is 0 Å². The minimum atomic E-state index is -0.546. The van der Waals surface area contributed by atoms with Gasteiger partial charge in [0, 0.05) is 5.56 Å². The van der Waals surface area contributed by atoms with Crippen molar-refractivity contribution in [3.63, 3.8) is 0 Å². The molecular weight excluding hydrogens is 420 g/mol. The van der Waals surface area contributed by atoms with Crippen molar-refractivity contribution >= 4 is 40.9 Å². The van der Waals surface area contributed by atoms with Crippen LogP contribution in [0.15, 0.2) is 70.7 Å². The first-order valence-electron chi connectivity index (χ1n) is 10.3. The van der Waals surface area contributed by atoms with Crippen LogP contribution >= 0.6 is 12.2 Å². The molecule has 162 valence electrons. The van der Waals surface area contributed by atoms with E-state index in [0.29, 0.717) is 17.2 Å². The number of benzene rings is 2. The van der Waals surface area contributed by atoms with E-state index in [1.807, 2.05) is 61.5 Å². The van der Waals surface area contributed by atoms with Gasteiger partial charge in [0.2, 0.25) is 0 Å². The van der Waals surface area contributed by atoms with Gasteiger partial charge in [-0.2, -0.15) is 0 Å². The minimum absolute atomic E-state index is 0.0152. The summed E-state index contributed by atoms with van der Waals surface area (Å²) in [5.74, 6) is 0.0342. The van der Waals surface area contributed by atoms with Crippen LogP contribution in [0, 0.1) is 6.92 Å². The Morgan fingerprint density at radius 2 is 1.59 bits per heavy atom. The molecule has 5 nitrogen and oxygen atoms in total. The van der Waals surface area contributed by atoms with Crippen molar-refractivity contribution in [2.24, 2.45) is 0 Å². The Kier molecular flexibility index (Phi) is 5.57. The van der Waals surface area contributed by atoms with Crippen molar-refractivity contribution in [3.05, 3.63) is 83.1 Å². The number of hydrogen-bond donors (Lipinski definition) is 1. The minimum Gasteiger partial charge on any atom is -0.457 e. The number of rotatable bonds is 3. The third kappa shape index (κ3) is 4.27. The van der Waals surface area contributed by atoms with Gasteiger partial charge in [-0.15, -0.1) is 0 Å². The number of hydrogen-bond acceptors (Lipinski definition) is 4. The lowest BCUT2D eigenvalue weighted by Gasteiger charge is -2.29. The fraction of sp³-hybridized carbons (Fsp3) is 0.192. The van der Waals surface area contributed by atoms with Gasteiger partial charge >= 0.3 is 0 Å². The van der Waals surface area contributed by atoms with E-state index in [0.717, 1.165) is 16.7 Å². The molecule has 0 radical (unpaired) electrons. The summed E-state index contributed by atoms with van der Waals surface area (Å²) in [6.07, 6.45) is 1.45. The van der Waals surface area contributed by atoms with Crippen LogP contribution in [0.3, 0.4) is 0 Å². The predicted octanol–water partition coefficient (Wildman–Crippen LogP) is 5.38. The first-order chi connectivity index (χ1) is 15.1. The molecule has 1 aliphatic heterocycles. The normalized spacial score (nSPS) is 15.9. The largest absolute Gasteiger partial charge is 0.457 e. The highest BCUT2D eigenvalue weighted by molar-refractivity contribution is 7.80. The van der Waals surface area contributed by atoms with Crippen LogP contribution in [0.4, 0.5) is 5.69 Å². The Labute approximate surface area is 192 Å². The second kappa shape index (κ2) is 8.20. The van der Waals surface area contributed by atoms with Gasteiger partial charge in [-0.3, -0.25) is 19.8 Å². The van der Waals surface area contributed by atoms with Gasteiger partial charge in [-0.1, -0.05) is 62.7 Å². The Morgan fingerprint density at radius 3 is 2.22 bits per heavy atom. The first-order valence-corrected chi connectivity index (χ1v) is 10.7. The number of nitrogens with zero attached hydrogens (tertiary/aromatic N) is 1. The predicted molar refractivity (Wildman–Crippen MR) is 130 cm³/mol. The van der Waals surface area contributed by atoms with Crippen molar-refractivity contribution in [3.8, 4) is 11.3 Å². The molecule has 0 atom stereocenters. The lowest BCUT2D eigenvalue weighted by molar-refractivity contribution is -0.122. The molecule has 0 unspecified atom stereocenters. The Balaban J connectivity index is 1.64. The lowest BCUT2D eigenvalue weighted by Crippen LogP contribution is -2.54. The zero-order chi connectivity index (χ0) is 23.0. The summed E-state index contributed by atoms with van der Waals surface area (Å²) < 4.78 is 5.87. The van der Waals surface area contributed by atoms with E-state index in [4.69, 9.17) is 16.6 Å². The van der Waals surface area contributed by atoms with Crippen LogP contribution in [0.25, 0.3) is 17.4 Å². The molecule has 1 saturated heterocycles. The smallest absolute Gasteiger partial charge is 0.270 e. The summed E-state index contributed by atoms with van der Waals surface area (Å²) in [5.41, 5.74) is 3.75. The van der Waals surface area contributed by atoms with Crippen LogP contribution in [0.5, 0.6) is 0 Å². The monoisotopic (exact) mass is 444 g/mol. The summed E-state index contributed by atoms with van der Waals surface area (Å²) in [4.78, 5) is 27.1. The maximum atomic E-state index is 13.2. The second-order valence-electron chi connectivity index (χ2n) is 8.82. The van der Waals surface area contributed by atoms with Gasteiger partial charge in [0.1, 0.15) is 17.1 Å². The van der Waals surface area contributed by atoms with E-state index in [1.165, 1.54) is 11.0 Å². The average molecular weight is 445 g/mol. The number of carbonyl (C=O) groups excluding carboxylic acids is 2.